The summed E-state index contributed by atoms with van der Waals surface area (Å²) in [5, 5.41) is 0. The fourth-order valence-electron chi connectivity index (χ4n) is 5.37. The van der Waals surface area contributed by atoms with Crippen LogP contribution in [0.1, 0.15) is 34.9 Å². The van der Waals surface area contributed by atoms with Crippen molar-refractivity contribution >= 4 is 8.60 Å². The summed E-state index contributed by atoms with van der Waals surface area (Å²) < 4.78 is 36.4. The summed E-state index contributed by atoms with van der Waals surface area (Å²) in [5.41, 5.74) is 0.666. The summed E-state index contributed by atoms with van der Waals surface area (Å²) in [4.78, 5) is 37.3. The van der Waals surface area contributed by atoms with Crippen LogP contribution in [0.4, 0.5) is 0 Å². The van der Waals surface area contributed by atoms with Gasteiger partial charge in [-0.3, -0.25) is 14.3 Å². The Hall–Kier alpha value is -3.83. The van der Waals surface area contributed by atoms with E-state index in [0.29, 0.717) is 17.1 Å². The second-order valence-corrected chi connectivity index (χ2v) is 11.3. The molecule has 4 aromatic rings. The Balaban J connectivity index is 1.57. The molecule has 0 bridgehead atoms. The predicted octanol–water partition coefficient (Wildman–Crippen LogP) is 4.41. The lowest BCUT2D eigenvalue weighted by Crippen LogP contribution is -2.38. The third-order valence-corrected chi connectivity index (χ3v) is 8.42. The van der Waals surface area contributed by atoms with Gasteiger partial charge < -0.3 is 32.9 Å². The Morgan fingerprint density at radius 3 is 2.02 bits per heavy atom. The van der Waals surface area contributed by atoms with Crippen molar-refractivity contribution in [3.63, 3.8) is 0 Å². The zero-order valence-electron chi connectivity index (χ0n) is 24.8. The van der Waals surface area contributed by atoms with E-state index in [-0.39, 0.29) is 13.0 Å². The van der Waals surface area contributed by atoms with Crippen LogP contribution in [0.3, 0.4) is 0 Å². The van der Waals surface area contributed by atoms with Gasteiger partial charge in [-0.05, 0) is 47.9 Å². The van der Waals surface area contributed by atoms with Crippen LogP contribution in [0, 0.1) is 6.92 Å². The average Bonchev–Trinajstić information content (AvgIpc) is 3.45. The van der Waals surface area contributed by atoms with Crippen molar-refractivity contribution in [3.8, 4) is 11.5 Å². The predicted molar refractivity (Wildman–Crippen MR) is 164 cm³/mol. The first-order chi connectivity index (χ1) is 21.3. The molecular formula is C32H35N2O9P. The molecule has 11 nitrogen and oxygen atoms in total. The number of hydrogen-bond acceptors (Lipinski definition) is 9. The number of nitrogens with one attached hydrogen (secondary N) is 1. The fraction of sp³-hybridized carbons (Fsp3) is 0.312. The summed E-state index contributed by atoms with van der Waals surface area (Å²) in [7, 11) is 2.35. The standard InChI is InChI=1S/C32H35N2O9P/c1-21-19-34(31(36)33-30(21)35)29-18-27(43-44(37)40-4)28(42-29)20-41-32(22-8-6-5-7-9-22,23-10-14-25(38-2)15-11-23)24-12-16-26(39-3)17-13-24/h5-17,19,27-29,37H,18,20H2,1-4H3,(H,33,35,36)/t27-,28+,29+,44?/m0/s1. The lowest BCUT2D eigenvalue weighted by atomic mass is 9.80. The van der Waals surface area contributed by atoms with Crippen molar-refractivity contribution in [2.75, 3.05) is 27.9 Å². The Bertz CT molecular complexity index is 1590. The van der Waals surface area contributed by atoms with E-state index in [0.717, 1.165) is 16.7 Å². The van der Waals surface area contributed by atoms with Gasteiger partial charge >= 0.3 is 14.3 Å². The SMILES string of the molecule is COc1ccc(C(OC[C@H]2O[C@@H](n3cc(C)c(=O)[nH]c3=O)C[C@@H]2OP(O)OC)(c2ccccc2)c2ccc(OC)cc2)cc1. The van der Waals surface area contributed by atoms with Crippen LogP contribution in [0.2, 0.25) is 0 Å². The molecule has 44 heavy (non-hydrogen) atoms. The molecule has 1 aliphatic heterocycles. The maximum Gasteiger partial charge on any atom is 0.330 e. The molecular weight excluding hydrogens is 587 g/mol. The van der Waals surface area contributed by atoms with Gasteiger partial charge in [0.1, 0.15) is 29.4 Å². The van der Waals surface area contributed by atoms with Crippen LogP contribution in [0.15, 0.2) is 94.6 Å². The molecule has 1 aromatic heterocycles. The van der Waals surface area contributed by atoms with Crippen molar-refractivity contribution in [1.82, 2.24) is 9.55 Å². The molecule has 1 unspecified atom stereocenters. The van der Waals surface area contributed by atoms with Crippen LogP contribution < -0.4 is 20.7 Å². The molecule has 0 spiro atoms. The van der Waals surface area contributed by atoms with E-state index in [1.807, 2.05) is 78.9 Å². The smallest absolute Gasteiger partial charge is 0.330 e. The average molecular weight is 623 g/mol. The third-order valence-electron chi connectivity index (χ3n) is 7.66. The van der Waals surface area contributed by atoms with Gasteiger partial charge in [-0.1, -0.05) is 54.6 Å². The lowest BCUT2D eigenvalue weighted by molar-refractivity contribution is -0.0925. The molecule has 1 aliphatic rings. The number of hydrogen-bond donors (Lipinski definition) is 2. The summed E-state index contributed by atoms with van der Waals surface area (Å²) in [6.45, 7) is 1.60. The van der Waals surface area contributed by atoms with Crippen LogP contribution in [-0.2, 0) is 24.1 Å². The maximum atomic E-state index is 12.7. The molecule has 3 aromatic carbocycles. The van der Waals surface area contributed by atoms with Gasteiger partial charge in [-0.15, -0.1) is 0 Å². The molecule has 12 heteroatoms. The molecule has 2 N–H and O–H groups in total. The van der Waals surface area contributed by atoms with Gasteiger partial charge in [-0.25, -0.2) is 4.79 Å². The second kappa shape index (κ2) is 13.9. The zero-order valence-corrected chi connectivity index (χ0v) is 25.7. The van der Waals surface area contributed by atoms with Gasteiger partial charge in [-0.2, -0.15) is 0 Å². The normalized spacial score (nSPS) is 19.1. The lowest BCUT2D eigenvalue weighted by Gasteiger charge is -2.37. The minimum atomic E-state index is -2.21. The van der Waals surface area contributed by atoms with Gasteiger partial charge in [0.25, 0.3) is 5.56 Å². The Morgan fingerprint density at radius 1 is 0.909 bits per heavy atom. The van der Waals surface area contributed by atoms with Crippen LogP contribution >= 0.6 is 8.60 Å². The van der Waals surface area contributed by atoms with Crippen molar-refractivity contribution in [3.05, 3.63) is 128 Å². The van der Waals surface area contributed by atoms with E-state index in [2.05, 4.69) is 4.98 Å². The number of aromatic nitrogens is 2. The fourth-order valence-corrected chi connectivity index (χ4v) is 5.91. The van der Waals surface area contributed by atoms with E-state index >= 15 is 0 Å². The van der Waals surface area contributed by atoms with E-state index in [1.165, 1.54) is 17.9 Å². The largest absolute Gasteiger partial charge is 0.497 e. The first-order valence-corrected chi connectivity index (χ1v) is 15.1. The molecule has 1 fully saturated rings. The monoisotopic (exact) mass is 622 g/mol. The maximum absolute atomic E-state index is 12.7. The minimum Gasteiger partial charge on any atom is -0.497 e. The molecule has 2 heterocycles. The van der Waals surface area contributed by atoms with Crippen molar-refractivity contribution in [2.45, 2.75) is 37.4 Å². The molecule has 5 rings (SSSR count). The van der Waals surface area contributed by atoms with E-state index in [4.69, 9.17) is 28.0 Å². The summed E-state index contributed by atoms with van der Waals surface area (Å²) in [6.07, 6.45) is -0.565. The van der Waals surface area contributed by atoms with Gasteiger partial charge in [0.05, 0.1) is 26.9 Å². The summed E-state index contributed by atoms with van der Waals surface area (Å²) >= 11 is 0. The quantitative estimate of drug-likeness (QED) is 0.174. The molecule has 1 saturated heterocycles. The first kappa shape index (κ1) is 31.6. The molecule has 0 amide bonds. The number of H-pyrrole nitrogens is 1. The highest BCUT2D eigenvalue weighted by Gasteiger charge is 2.44. The van der Waals surface area contributed by atoms with Crippen LogP contribution in [0.25, 0.3) is 0 Å². The highest BCUT2D eigenvalue weighted by Crippen LogP contribution is 2.44. The van der Waals surface area contributed by atoms with Gasteiger partial charge in [0.2, 0.25) is 0 Å². The van der Waals surface area contributed by atoms with Gasteiger partial charge in [0.15, 0.2) is 0 Å². The second-order valence-electron chi connectivity index (χ2n) is 10.2. The van der Waals surface area contributed by atoms with E-state index < -0.39 is 43.9 Å². The zero-order chi connectivity index (χ0) is 31.3. The molecule has 232 valence electrons. The van der Waals surface area contributed by atoms with Crippen LogP contribution in [0.5, 0.6) is 11.5 Å². The van der Waals surface area contributed by atoms with Crippen molar-refractivity contribution < 1.29 is 32.9 Å². The number of methoxy groups -OCH3 is 2. The van der Waals surface area contributed by atoms with E-state index in [1.54, 1.807) is 21.1 Å². The first-order valence-electron chi connectivity index (χ1n) is 13.9. The highest BCUT2D eigenvalue weighted by atomic mass is 31.2. The minimum absolute atomic E-state index is 0.00189. The summed E-state index contributed by atoms with van der Waals surface area (Å²) in [5.74, 6) is 1.39. The van der Waals surface area contributed by atoms with E-state index in [9.17, 15) is 14.5 Å². The number of aromatic amines is 1. The Morgan fingerprint density at radius 2 is 1.48 bits per heavy atom. The van der Waals surface area contributed by atoms with Crippen molar-refractivity contribution in [1.29, 1.82) is 0 Å². The number of ether oxygens (including phenoxy) is 4. The number of aryl methyl sites for hydroxylation is 1. The number of benzene rings is 3. The Labute approximate surface area is 255 Å². The highest BCUT2D eigenvalue weighted by molar-refractivity contribution is 7.40. The molecule has 4 atom stereocenters. The molecule has 0 saturated carbocycles. The van der Waals surface area contributed by atoms with Crippen LogP contribution in [-0.4, -0.2) is 54.6 Å². The topological polar surface area (TPSA) is 130 Å². The Kier molecular flexibility index (Phi) is 9.95. The number of nitrogens with zero attached hydrogens (tertiary/aromatic N) is 1. The molecule has 0 radical (unpaired) electrons. The summed E-state index contributed by atoms with van der Waals surface area (Å²) in [6, 6.07) is 25.1. The van der Waals surface area contributed by atoms with Crippen molar-refractivity contribution in [2.24, 2.45) is 0 Å². The third kappa shape index (κ3) is 6.49. The molecule has 0 aliphatic carbocycles. The van der Waals surface area contributed by atoms with Gasteiger partial charge in [0, 0.05) is 25.3 Å². The number of rotatable bonds is 12.